The minimum Gasteiger partial charge on any atom is -0.508 e. The van der Waals surface area contributed by atoms with E-state index in [-0.39, 0.29) is 12.2 Å². The quantitative estimate of drug-likeness (QED) is 0.575. The molecule has 0 bridgehead atoms. The average molecular weight is 345 g/mol. The number of hydrogen-bond donors (Lipinski definition) is 1. The molecule has 0 spiro atoms. The number of aromatic hydroxyl groups is 1. The van der Waals surface area contributed by atoms with Crippen LogP contribution in [0.4, 0.5) is 11.5 Å². The van der Waals surface area contributed by atoms with Gasteiger partial charge in [0.05, 0.1) is 29.9 Å². The fourth-order valence-corrected chi connectivity index (χ4v) is 2.27. The molecule has 0 saturated carbocycles. The standard InChI is InChI=1S/C16H13ClN4O3/c1-24-15(23)8-13-16(20-19-11-3-5-12(22)6-4-11)21-9-10(17)2-7-14(21)18-13/h2-7,9,22H,8H2,1H3. The molecular formula is C16H13ClN4O3. The van der Waals surface area contributed by atoms with Crippen molar-refractivity contribution in [3.8, 4) is 5.75 Å². The minimum absolute atomic E-state index is 0.0280. The van der Waals surface area contributed by atoms with Gasteiger partial charge in [-0.1, -0.05) is 11.6 Å². The van der Waals surface area contributed by atoms with Crippen molar-refractivity contribution >= 4 is 34.7 Å². The van der Waals surface area contributed by atoms with Crippen LogP contribution in [0.25, 0.3) is 5.65 Å². The first-order chi connectivity index (χ1) is 11.6. The average Bonchev–Trinajstić information content (AvgIpc) is 2.90. The van der Waals surface area contributed by atoms with E-state index < -0.39 is 5.97 Å². The lowest BCUT2D eigenvalue weighted by molar-refractivity contribution is -0.139. The second-order valence-corrected chi connectivity index (χ2v) is 5.36. The molecule has 1 aromatic carbocycles. The van der Waals surface area contributed by atoms with Gasteiger partial charge in [-0.2, -0.15) is 0 Å². The summed E-state index contributed by atoms with van der Waals surface area (Å²) in [5, 5.41) is 18.1. The van der Waals surface area contributed by atoms with Crippen molar-refractivity contribution in [3.05, 3.63) is 53.3 Å². The summed E-state index contributed by atoms with van der Waals surface area (Å²) in [5.74, 6) is 0.110. The molecular weight excluding hydrogens is 332 g/mol. The number of phenolic OH excluding ortho intramolecular Hbond substituents is 1. The lowest BCUT2D eigenvalue weighted by atomic mass is 10.3. The van der Waals surface area contributed by atoms with Gasteiger partial charge in [-0.3, -0.25) is 9.20 Å². The molecule has 0 saturated heterocycles. The van der Waals surface area contributed by atoms with Gasteiger partial charge in [-0.15, -0.1) is 10.2 Å². The van der Waals surface area contributed by atoms with Gasteiger partial charge in [0.1, 0.15) is 11.4 Å². The molecule has 2 aromatic heterocycles. The van der Waals surface area contributed by atoms with Gasteiger partial charge in [-0.05, 0) is 36.4 Å². The van der Waals surface area contributed by atoms with E-state index in [1.165, 1.54) is 19.2 Å². The molecule has 0 unspecified atom stereocenters. The van der Waals surface area contributed by atoms with Crippen LogP contribution in [0.2, 0.25) is 5.02 Å². The SMILES string of the molecule is COC(=O)Cc1nc2ccc(Cl)cn2c1N=Nc1ccc(O)cc1. The number of methoxy groups -OCH3 is 1. The lowest BCUT2D eigenvalue weighted by Gasteiger charge is -1.99. The molecule has 3 rings (SSSR count). The maximum atomic E-state index is 11.6. The smallest absolute Gasteiger partial charge is 0.311 e. The Morgan fingerprint density at radius 1 is 1.25 bits per heavy atom. The zero-order valence-electron chi connectivity index (χ0n) is 12.7. The highest BCUT2D eigenvalue weighted by molar-refractivity contribution is 6.30. The van der Waals surface area contributed by atoms with Crippen LogP contribution in [-0.2, 0) is 16.0 Å². The van der Waals surface area contributed by atoms with Crippen LogP contribution < -0.4 is 0 Å². The zero-order chi connectivity index (χ0) is 17.1. The normalized spacial score (nSPS) is 11.2. The molecule has 1 N–H and O–H groups in total. The number of esters is 1. The van der Waals surface area contributed by atoms with Gasteiger partial charge in [0.2, 0.25) is 0 Å². The molecule has 0 radical (unpaired) electrons. The Hall–Kier alpha value is -2.93. The van der Waals surface area contributed by atoms with Crippen LogP contribution in [0, 0.1) is 0 Å². The molecule has 24 heavy (non-hydrogen) atoms. The van der Waals surface area contributed by atoms with Crippen molar-refractivity contribution in [3.63, 3.8) is 0 Å². The number of azo groups is 1. The van der Waals surface area contributed by atoms with Crippen molar-refractivity contribution in [2.24, 2.45) is 10.2 Å². The number of benzene rings is 1. The highest BCUT2D eigenvalue weighted by Crippen LogP contribution is 2.27. The Labute approximate surface area is 142 Å². The Balaban J connectivity index is 2.05. The van der Waals surface area contributed by atoms with Crippen LogP contribution >= 0.6 is 11.6 Å². The third-order valence-electron chi connectivity index (χ3n) is 3.28. The number of hydrogen-bond acceptors (Lipinski definition) is 6. The molecule has 2 heterocycles. The van der Waals surface area contributed by atoms with Gasteiger partial charge in [-0.25, -0.2) is 4.98 Å². The van der Waals surface area contributed by atoms with E-state index in [4.69, 9.17) is 16.3 Å². The highest BCUT2D eigenvalue weighted by Gasteiger charge is 2.16. The molecule has 7 nitrogen and oxygen atoms in total. The van der Waals surface area contributed by atoms with Crippen molar-refractivity contribution in [1.82, 2.24) is 9.38 Å². The summed E-state index contributed by atoms with van der Waals surface area (Å²) >= 11 is 6.03. The largest absolute Gasteiger partial charge is 0.508 e. The number of aromatic nitrogens is 2. The summed E-state index contributed by atoms with van der Waals surface area (Å²) in [4.78, 5) is 16.0. The number of phenols is 1. The van der Waals surface area contributed by atoms with Crippen LogP contribution in [0.15, 0.2) is 52.8 Å². The van der Waals surface area contributed by atoms with Crippen LogP contribution in [0.1, 0.15) is 5.69 Å². The predicted molar refractivity (Wildman–Crippen MR) is 88.2 cm³/mol. The van der Waals surface area contributed by atoms with E-state index in [0.717, 1.165) is 0 Å². The molecule has 0 amide bonds. The van der Waals surface area contributed by atoms with Crippen molar-refractivity contribution in [1.29, 1.82) is 0 Å². The summed E-state index contributed by atoms with van der Waals surface area (Å²) in [6.07, 6.45) is 1.62. The van der Waals surface area contributed by atoms with Crippen molar-refractivity contribution < 1.29 is 14.6 Å². The number of carbonyl (C=O) groups is 1. The molecule has 0 aliphatic rings. The van der Waals surface area contributed by atoms with Gasteiger partial charge in [0, 0.05) is 6.20 Å². The Kier molecular flexibility index (Phi) is 4.43. The first kappa shape index (κ1) is 15.9. The summed E-state index contributed by atoms with van der Waals surface area (Å²) in [6.45, 7) is 0. The fourth-order valence-electron chi connectivity index (χ4n) is 2.11. The number of carbonyl (C=O) groups excluding carboxylic acids is 1. The molecule has 0 aliphatic carbocycles. The van der Waals surface area contributed by atoms with Crippen LogP contribution in [0.3, 0.4) is 0 Å². The third kappa shape index (κ3) is 3.36. The number of halogens is 1. The fraction of sp³-hybridized carbons (Fsp3) is 0.125. The number of imidazole rings is 1. The van der Waals surface area contributed by atoms with Crippen molar-refractivity contribution in [2.45, 2.75) is 6.42 Å². The second-order valence-electron chi connectivity index (χ2n) is 4.93. The first-order valence-electron chi connectivity index (χ1n) is 7.01. The monoisotopic (exact) mass is 344 g/mol. The summed E-state index contributed by atoms with van der Waals surface area (Å²) in [5.41, 5.74) is 1.58. The minimum atomic E-state index is -0.425. The predicted octanol–water partition coefficient (Wildman–Crippen LogP) is 3.82. The molecule has 0 fully saturated rings. The van der Waals surface area contributed by atoms with Gasteiger partial charge < -0.3 is 9.84 Å². The second kappa shape index (κ2) is 6.67. The molecule has 0 aliphatic heterocycles. The number of fused-ring (bicyclic) bond motifs is 1. The van der Waals surface area contributed by atoms with Gasteiger partial charge in [0.15, 0.2) is 5.82 Å². The molecule has 122 valence electrons. The number of pyridine rings is 1. The summed E-state index contributed by atoms with van der Waals surface area (Å²) < 4.78 is 6.35. The number of rotatable bonds is 4. The maximum Gasteiger partial charge on any atom is 0.311 e. The summed E-state index contributed by atoms with van der Waals surface area (Å²) in [6, 6.07) is 9.68. The Bertz CT molecular complexity index is 919. The van der Waals surface area contributed by atoms with Crippen LogP contribution in [-0.4, -0.2) is 27.6 Å². The topological polar surface area (TPSA) is 88.5 Å². The van der Waals surface area contributed by atoms with Crippen molar-refractivity contribution in [2.75, 3.05) is 7.11 Å². The van der Waals surface area contributed by atoms with E-state index in [2.05, 4.69) is 15.2 Å². The van der Waals surface area contributed by atoms with E-state index in [1.54, 1.807) is 34.9 Å². The first-order valence-corrected chi connectivity index (χ1v) is 7.38. The van der Waals surface area contributed by atoms with Gasteiger partial charge >= 0.3 is 5.97 Å². The zero-order valence-corrected chi connectivity index (χ0v) is 13.4. The van der Waals surface area contributed by atoms with E-state index in [1.807, 2.05) is 0 Å². The number of nitrogens with zero attached hydrogens (tertiary/aromatic N) is 4. The highest BCUT2D eigenvalue weighted by atomic mass is 35.5. The maximum absolute atomic E-state index is 11.6. The number of ether oxygens (including phenoxy) is 1. The van der Waals surface area contributed by atoms with E-state index in [0.29, 0.717) is 27.9 Å². The Morgan fingerprint density at radius 3 is 2.71 bits per heavy atom. The summed E-state index contributed by atoms with van der Waals surface area (Å²) in [7, 11) is 1.31. The van der Waals surface area contributed by atoms with E-state index in [9.17, 15) is 9.90 Å². The van der Waals surface area contributed by atoms with Crippen LogP contribution in [0.5, 0.6) is 5.75 Å². The van der Waals surface area contributed by atoms with E-state index >= 15 is 0 Å². The Morgan fingerprint density at radius 2 is 2.00 bits per heavy atom. The molecule has 8 heteroatoms. The third-order valence-corrected chi connectivity index (χ3v) is 3.50. The lowest BCUT2D eigenvalue weighted by Crippen LogP contribution is -2.04. The molecule has 3 aromatic rings. The van der Waals surface area contributed by atoms with Gasteiger partial charge in [0.25, 0.3) is 0 Å². The molecule has 0 atom stereocenters.